The second kappa shape index (κ2) is 11.7. The van der Waals surface area contributed by atoms with Gasteiger partial charge in [-0.25, -0.2) is 19.3 Å². The molecule has 0 saturated carbocycles. The number of halogens is 2. The van der Waals surface area contributed by atoms with E-state index in [1.165, 1.54) is 23.6 Å². The van der Waals surface area contributed by atoms with Crippen molar-refractivity contribution < 1.29 is 13.5 Å². The minimum absolute atomic E-state index is 0.215. The summed E-state index contributed by atoms with van der Waals surface area (Å²) in [6.45, 7) is 3.55. The van der Waals surface area contributed by atoms with E-state index in [1.807, 2.05) is 24.3 Å². The van der Waals surface area contributed by atoms with Gasteiger partial charge in [-0.2, -0.15) is 4.39 Å². The molecule has 1 aliphatic heterocycles. The van der Waals surface area contributed by atoms with Crippen LogP contribution in [0.3, 0.4) is 0 Å². The van der Waals surface area contributed by atoms with Gasteiger partial charge in [0.2, 0.25) is 11.9 Å². The van der Waals surface area contributed by atoms with Crippen LogP contribution in [0.1, 0.15) is 18.4 Å². The number of benzene rings is 1. The lowest BCUT2D eigenvalue weighted by Gasteiger charge is -2.31. The highest BCUT2D eigenvalue weighted by Gasteiger charge is 2.21. The zero-order valence-corrected chi connectivity index (χ0v) is 22.7. The normalized spacial score (nSPS) is 14.7. The van der Waals surface area contributed by atoms with Gasteiger partial charge in [-0.1, -0.05) is 23.4 Å². The van der Waals surface area contributed by atoms with E-state index in [-0.39, 0.29) is 11.8 Å². The summed E-state index contributed by atoms with van der Waals surface area (Å²) in [5.74, 6) is -0.718. The first kappa shape index (κ1) is 26.4. The van der Waals surface area contributed by atoms with Gasteiger partial charge >= 0.3 is 0 Å². The van der Waals surface area contributed by atoms with Crippen LogP contribution in [0, 0.1) is 11.8 Å². The maximum Gasteiger partial charge on any atom is 0.223 e. The number of piperidine rings is 1. The quantitative estimate of drug-likeness (QED) is 0.251. The van der Waals surface area contributed by atoms with E-state index in [0.717, 1.165) is 52.7 Å². The van der Waals surface area contributed by atoms with Gasteiger partial charge in [0.1, 0.15) is 5.69 Å². The first-order valence-corrected chi connectivity index (χ1v) is 13.9. The average molecular weight is 563 g/mol. The van der Waals surface area contributed by atoms with Crippen LogP contribution < -0.4 is 5.32 Å². The molecule has 0 bridgehead atoms. The number of aromatic nitrogens is 6. The summed E-state index contributed by atoms with van der Waals surface area (Å²) in [4.78, 5) is 15.5. The summed E-state index contributed by atoms with van der Waals surface area (Å²) < 4.78 is 37.5. The molecule has 0 aliphatic carbocycles. The lowest BCUT2D eigenvalue weighted by Crippen LogP contribution is -2.36. The Labute approximate surface area is 233 Å². The van der Waals surface area contributed by atoms with E-state index in [4.69, 9.17) is 4.74 Å². The fourth-order valence-electron chi connectivity index (χ4n) is 5.03. The van der Waals surface area contributed by atoms with E-state index in [9.17, 15) is 8.78 Å². The van der Waals surface area contributed by atoms with Crippen LogP contribution in [0.2, 0.25) is 0 Å². The van der Waals surface area contributed by atoms with E-state index in [0.29, 0.717) is 30.5 Å². The molecule has 1 aromatic carbocycles. The Kier molecular flexibility index (Phi) is 7.71. The summed E-state index contributed by atoms with van der Waals surface area (Å²) in [5, 5.41) is 11.8. The van der Waals surface area contributed by atoms with Crippen LogP contribution in [0.4, 0.5) is 14.7 Å². The molecule has 0 amide bonds. The number of nitrogens with zero attached hydrogens (tertiary/aromatic N) is 7. The number of methoxy groups -OCH3 is 1. The molecule has 5 aromatic rings. The van der Waals surface area contributed by atoms with Crippen LogP contribution in [-0.4, -0.2) is 67.7 Å². The van der Waals surface area contributed by atoms with Gasteiger partial charge in [-0.05, 0) is 35.4 Å². The highest BCUT2D eigenvalue weighted by atomic mass is 32.1. The molecule has 40 heavy (non-hydrogen) atoms. The number of nitrogens with one attached hydrogen (secondary N) is 1. The summed E-state index contributed by atoms with van der Waals surface area (Å²) in [6.07, 6.45) is 8.38. The van der Waals surface area contributed by atoms with Crippen LogP contribution in [0.15, 0.2) is 55.1 Å². The van der Waals surface area contributed by atoms with Gasteiger partial charge in [0.05, 0.1) is 29.9 Å². The number of fused-ring (bicyclic) bond motifs is 1. The summed E-state index contributed by atoms with van der Waals surface area (Å²) in [7, 11) is 1.75. The molecule has 0 unspecified atom stereocenters. The Hall–Kier alpha value is -3.87. The van der Waals surface area contributed by atoms with Gasteiger partial charge in [0.15, 0.2) is 5.82 Å². The summed E-state index contributed by atoms with van der Waals surface area (Å²) in [6, 6.07) is 9.30. The van der Waals surface area contributed by atoms with Crippen molar-refractivity contribution in [3.63, 3.8) is 0 Å². The van der Waals surface area contributed by atoms with Crippen LogP contribution in [0.25, 0.3) is 31.8 Å². The lowest BCUT2D eigenvalue weighted by molar-refractivity contribution is 0.0389. The van der Waals surface area contributed by atoms with E-state index in [1.54, 1.807) is 30.4 Å². The van der Waals surface area contributed by atoms with Gasteiger partial charge in [-0.15, -0.1) is 16.4 Å². The van der Waals surface area contributed by atoms with Gasteiger partial charge in [0, 0.05) is 62.0 Å². The zero-order valence-electron chi connectivity index (χ0n) is 21.9. The van der Waals surface area contributed by atoms with Crippen molar-refractivity contribution in [2.75, 3.05) is 32.1 Å². The van der Waals surface area contributed by atoms with Crippen molar-refractivity contribution >= 4 is 27.4 Å². The minimum Gasteiger partial charge on any atom is -0.381 e. The average Bonchev–Trinajstić information content (AvgIpc) is 3.65. The smallest absolute Gasteiger partial charge is 0.223 e. The van der Waals surface area contributed by atoms with Crippen molar-refractivity contribution in [1.82, 2.24) is 34.8 Å². The molecule has 1 N–H and O–H groups in total. The van der Waals surface area contributed by atoms with Crippen molar-refractivity contribution in [3.05, 3.63) is 72.4 Å². The Morgan fingerprint density at radius 2 is 1.98 bits per heavy atom. The maximum absolute atomic E-state index is 14.9. The fourth-order valence-corrected chi connectivity index (χ4v) is 6.21. The molecule has 206 valence electrons. The molecule has 4 aromatic heterocycles. The number of rotatable bonds is 9. The van der Waals surface area contributed by atoms with E-state index < -0.39 is 11.8 Å². The molecular weight excluding hydrogens is 534 g/mol. The van der Waals surface area contributed by atoms with Crippen LogP contribution in [-0.2, 0) is 17.8 Å². The molecule has 0 atom stereocenters. The Morgan fingerprint density at radius 1 is 1.10 bits per heavy atom. The fraction of sp³-hybridized carbons (Fsp3) is 0.321. The molecule has 1 saturated heterocycles. The van der Waals surface area contributed by atoms with Crippen molar-refractivity contribution in [1.29, 1.82) is 0 Å². The molecular formula is C28H28F2N8OS. The second-order valence-corrected chi connectivity index (χ2v) is 10.7. The first-order valence-electron chi connectivity index (χ1n) is 13.1. The van der Waals surface area contributed by atoms with Gasteiger partial charge in [-0.3, -0.25) is 9.58 Å². The van der Waals surface area contributed by atoms with Crippen molar-refractivity contribution in [2.24, 2.45) is 0 Å². The highest BCUT2D eigenvalue weighted by Crippen LogP contribution is 2.40. The zero-order chi connectivity index (χ0) is 27.5. The number of hydrogen-bond acceptors (Lipinski definition) is 9. The number of likely N-dealkylation sites (tertiary alicyclic amines) is 1. The lowest BCUT2D eigenvalue weighted by atomic mass is 9.99. The Morgan fingerprint density at radius 3 is 2.77 bits per heavy atom. The summed E-state index contributed by atoms with van der Waals surface area (Å²) >= 11 is 1.43. The van der Waals surface area contributed by atoms with Crippen molar-refractivity contribution in [2.45, 2.75) is 32.0 Å². The number of pyridine rings is 1. The third kappa shape index (κ3) is 5.69. The van der Waals surface area contributed by atoms with Crippen LogP contribution >= 0.6 is 11.3 Å². The minimum atomic E-state index is -0.533. The van der Waals surface area contributed by atoms with E-state index in [2.05, 4.69) is 35.5 Å². The van der Waals surface area contributed by atoms with Crippen molar-refractivity contribution in [3.8, 4) is 21.7 Å². The topological polar surface area (TPSA) is 93.9 Å². The number of anilines is 1. The van der Waals surface area contributed by atoms with E-state index >= 15 is 0 Å². The van der Waals surface area contributed by atoms with Crippen LogP contribution in [0.5, 0.6) is 0 Å². The molecule has 6 rings (SSSR count). The predicted molar refractivity (Wildman–Crippen MR) is 150 cm³/mol. The molecule has 0 radical (unpaired) electrons. The maximum atomic E-state index is 14.9. The number of thiophene rings is 1. The molecule has 0 spiro atoms. The standard InChI is InChI=1S/C28H28F2N8OS/c1-39-20-5-9-37(10-6-20)17-19-15-32-25(30)14-22(19)21-4-2-3-18-13-24(40-27(18)21)26-23(29)16-33-28(35-26)31-7-11-38-12-8-34-36-38/h2-4,8,12-16,20H,5-7,9-11,17H2,1H3,(H,31,33,35). The first-order chi connectivity index (χ1) is 19.6. The summed E-state index contributed by atoms with van der Waals surface area (Å²) in [5.41, 5.74) is 2.84. The third-order valence-electron chi connectivity index (χ3n) is 7.12. The Balaban J connectivity index is 1.29. The molecule has 12 heteroatoms. The third-order valence-corrected chi connectivity index (χ3v) is 8.31. The molecule has 1 fully saturated rings. The largest absolute Gasteiger partial charge is 0.381 e. The highest BCUT2D eigenvalue weighted by molar-refractivity contribution is 7.22. The monoisotopic (exact) mass is 562 g/mol. The number of ether oxygens (including phenoxy) is 1. The SMILES string of the molecule is COC1CCN(Cc2cnc(F)cc2-c2cccc3cc(-c4nc(NCCn5ccnn5)ncc4F)sc23)CC1. The van der Waals surface area contributed by atoms with Gasteiger partial charge in [0.25, 0.3) is 0 Å². The number of hydrogen-bond donors (Lipinski definition) is 1. The predicted octanol–water partition coefficient (Wildman–Crippen LogP) is 5.01. The van der Waals surface area contributed by atoms with Gasteiger partial charge < -0.3 is 10.1 Å². The second-order valence-electron chi connectivity index (χ2n) is 9.69. The molecule has 9 nitrogen and oxygen atoms in total. The molecule has 5 heterocycles. The molecule has 1 aliphatic rings. The Bertz CT molecular complexity index is 1600.